The van der Waals surface area contributed by atoms with Crippen molar-refractivity contribution in [3.8, 4) is 10.6 Å². The summed E-state index contributed by atoms with van der Waals surface area (Å²) < 4.78 is 18.4. The summed E-state index contributed by atoms with van der Waals surface area (Å²) in [5.74, 6) is -2.34. The minimum absolute atomic E-state index is 0.0301. The van der Waals surface area contributed by atoms with Crippen LogP contribution in [-0.4, -0.2) is 35.9 Å². The number of aromatic nitrogens is 1. The molecular formula is C22H19ClFN3O4S. The molecule has 2 amide bonds. The average Bonchev–Trinajstić information content (AvgIpc) is 3.15. The molecule has 0 radical (unpaired) electrons. The monoisotopic (exact) mass is 475 g/mol. The summed E-state index contributed by atoms with van der Waals surface area (Å²) in [5.41, 5.74) is 6.81. The Kier molecular flexibility index (Phi) is 7.55. The topological polar surface area (TPSA) is 103 Å². The van der Waals surface area contributed by atoms with Crippen LogP contribution in [0, 0.1) is 12.7 Å². The molecule has 32 heavy (non-hydrogen) atoms. The van der Waals surface area contributed by atoms with Crippen molar-refractivity contribution >= 4 is 46.4 Å². The lowest BCUT2D eigenvalue weighted by atomic mass is 10.2. The number of thiazole rings is 1. The number of esters is 1. The molecule has 0 spiro atoms. The van der Waals surface area contributed by atoms with Crippen molar-refractivity contribution in [2.75, 3.05) is 18.1 Å². The zero-order chi connectivity index (χ0) is 23.3. The largest absolute Gasteiger partial charge is 0.451 e. The molecule has 0 saturated carbocycles. The highest BCUT2D eigenvalue weighted by molar-refractivity contribution is 7.17. The predicted octanol–water partition coefficient (Wildman–Crippen LogP) is 3.98. The molecule has 0 aliphatic rings. The number of aryl methyl sites for hydroxylation is 1. The molecule has 0 atom stereocenters. The Hall–Kier alpha value is -3.30. The first-order chi connectivity index (χ1) is 15.2. The summed E-state index contributed by atoms with van der Waals surface area (Å²) >= 11 is 7.05. The maximum Gasteiger partial charge on any atom is 0.350 e. The molecule has 0 bridgehead atoms. The Morgan fingerprint density at radius 3 is 2.41 bits per heavy atom. The zero-order valence-electron chi connectivity index (χ0n) is 17.0. The van der Waals surface area contributed by atoms with Crippen LogP contribution in [0.4, 0.5) is 10.1 Å². The molecule has 0 unspecified atom stereocenters. The molecule has 7 nitrogen and oxygen atoms in total. The third kappa shape index (κ3) is 5.89. The standard InChI is InChI=1S/C22H19ClFN3O4S/c1-13-20(32-21(26-13)14-2-4-15(23)5-3-14)22(30)31-12-19(29)27(11-10-18(25)28)17-8-6-16(24)7-9-17/h2-9H,10-12H2,1H3,(H2,25,28). The lowest BCUT2D eigenvalue weighted by molar-refractivity contribution is -0.121. The number of hydrogen-bond acceptors (Lipinski definition) is 6. The van der Waals surface area contributed by atoms with E-state index in [-0.39, 0.29) is 17.8 Å². The SMILES string of the molecule is Cc1nc(-c2ccc(Cl)cc2)sc1C(=O)OCC(=O)N(CCC(N)=O)c1ccc(F)cc1. The number of ether oxygens (including phenoxy) is 1. The number of carbonyl (C=O) groups is 3. The lowest BCUT2D eigenvalue weighted by Gasteiger charge is -2.22. The molecule has 1 heterocycles. The van der Waals surface area contributed by atoms with E-state index in [0.29, 0.717) is 21.4 Å². The Morgan fingerprint density at radius 2 is 1.78 bits per heavy atom. The van der Waals surface area contributed by atoms with Crippen LogP contribution in [0.1, 0.15) is 21.8 Å². The maximum atomic E-state index is 13.2. The van der Waals surface area contributed by atoms with Gasteiger partial charge in [0.15, 0.2) is 6.61 Å². The molecule has 0 fully saturated rings. The van der Waals surface area contributed by atoms with Crippen molar-refractivity contribution in [3.63, 3.8) is 0 Å². The summed E-state index contributed by atoms with van der Waals surface area (Å²) in [5, 5.41) is 1.20. The van der Waals surface area contributed by atoms with Gasteiger partial charge in [0.05, 0.1) is 5.69 Å². The Morgan fingerprint density at radius 1 is 1.12 bits per heavy atom. The molecule has 2 N–H and O–H groups in total. The number of rotatable bonds is 8. The highest BCUT2D eigenvalue weighted by Gasteiger charge is 2.22. The van der Waals surface area contributed by atoms with Gasteiger partial charge < -0.3 is 15.4 Å². The van der Waals surface area contributed by atoms with E-state index in [2.05, 4.69) is 4.98 Å². The summed E-state index contributed by atoms with van der Waals surface area (Å²) in [6.07, 6.45) is -0.102. The maximum absolute atomic E-state index is 13.2. The molecule has 2 aromatic carbocycles. The predicted molar refractivity (Wildman–Crippen MR) is 120 cm³/mol. The van der Waals surface area contributed by atoms with Crippen molar-refractivity contribution in [1.82, 2.24) is 4.98 Å². The highest BCUT2D eigenvalue weighted by Crippen LogP contribution is 2.29. The van der Waals surface area contributed by atoms with E-state index in [1.54, 1.807) is 31.2 Å². The van der Waals surface area contributed by atoms with Gasteiger partial charge in [0.25, 0.3) is 5.91 Å². The normalized spacial score (nSPS) is 10.6. The second-order valence-electron chi connectivity index (χ2n) is 6.75. The van der Waals surface area contributed by atoms with Crippen LogP contribution in [0.15, 0.2) is 48.5 Å². The highest BCUT2D eigenvalue weighted by atomic mass is 35.5. The van der Waals surface area contributed by atoms with Gasteiger partial charge in [-0.15, -0.1) is 11.3 Å². The molecule has 0 saturated heterocycles. The summed E-state index contributed by atoms with van der Waals surface area (Å²) in [7, 11) is 0. The number of carbonyl (C=O) groups excluding carboxylic acids is 3. The number of anilines is 1. The van der Waals surface area contributed by atoms with Crippen LogP contribution in [0.2, 0.25) is 5.02 Å². The van der Waals surface area contributed by atoms with E-state index >= 15 is 0 Å². The second-order valence-corrected chi connectivity index (χ2v) is 8.19. The van der Waals surface area contributed by atoms with Crippen LogP contribution in [-0.2, 0) is 14.3 Å². The number of amides is 2. The molecular weight excluding hydrogens is 457 g/mol. The van der Waals surface area contributed by atoms with Gasteiger partial charge in [-0.3, -0.25) is 9.59 Å². The third-order valence-corrected chi connectivity index (χ3v) is 5.86. The van der Waals surface area contributed by atoms with Gasteiger partial charge >= 0.3 is 5.97 Å². The lowest BCUT2D eigenvalue weighted by Crippen LogP contribution is -2.37. The number of halogens is 2. The number of benzene rings is 2. The van der Waals surface area contributed by atoms with Crippen molar-refractivity contribution in [3.05, 3.63) is 69.9 Å². The van der Waals surface area contributed by atoms with Gasteiger partial charge in [0.2, 0.25) is 5.91 Å². The zero-order valence-corrected chi connectivity index (χ0v) is 18.6. The van der Waals surface area contributed by atoms with Gasteiger partial charge in [-0.2, -0.15) is 0 Å². The fourth-order valence-corrected chi connectivity index (χ4v) is 3.90. The first kappa shape index (κ1) is 23.4. The van der Waals surface area contributed by atoms with E-state index in [4.69, 9.17) is 22.1 Å². The van der Waals surface area contributed by atoms with Crippen LogP contribution in [0.25, 0.3) is 10.6 Å². The summed E-state index contributed by atoms with van der Waals surface area (Å²) in [4.78, 5) is 42.3. The fourth-order valence-electron chi connectivity index (χ4n) is 2.81. The molecule has 1 aromatic heterocycles. The molecule has 3 aromatic rings. The van der Waals surface area contributed by atoms with Crippen molar-refractivity contribution in [2.45, 2.75) is 13.3 Å². The van der Waals surface area contributed by atoms with Crippen LogP contribution < -0.4 is 10.6 Å². The third-order valence-electron chi connectivity index (χ3n) is 4.42. The molecule has 0 aliphatic carbocycles. The van der Waals surface area contributed by atoms with E-state index in [1.807, 2.05) is 0 Å². The summed E-state index contributed by atoms with van der Waals surface area (Å²) in [6, 6.07) is 12.2. The van der Waals surface area contributed by atoms with Crippen LogP contribution >= 0.6 is 22.9 Å². The minimum Gasteiger partial charge on any atom is -0.451 e. The number of nitrogens with zero attached hydrogens (tertiary/aromatic N) is 2. The minimum atomic E-state index is -0.692. The van der Waals surface area contributed by atoms with E-state index in [9.17, 15) is 18.8 Å². The Balaban J connectivity index is 1.70. The first-order valence-corrected chi connectivity index (χ1v) is 10.7. The number of hydrogen-bond donors (Lipinski definition) is 1. The molecule has 3 rings (SSSR count). The van der Waals surface area contributed by atoms with Crippen LogP contribution in [0.3, 0.4) is 0 Å². The van der Waals surface area contributed by atoms with Crippen molar-refractivity contribution in [1.29, 1.82) is 0 Å². The number of nitrogens with two attached hydrogens (primary N) is 1. The van der Waals surface area contributed by atoms with E-state index in [0.717, 1.165) is 16.9 Å². The van der Waals surface area contributed by atoms with Crippen molar-refractivity contribution in [2.24, 2.45) is 5.73 Å². The quantitative estimate of drug-likeness (QED) is 0.496. The average molecular weight is 476 g/mol. The Bertz CT molecular complexity index is 1130. The van der Waals surface area contributed by atoms with Gasteiger partial charge in [0.1, 0.15) is 15.7 Å². The van der Waals surface area contributed by atoms with E-state index < -0.39 is 30.2 Å². The fraction of sp³-hybridized carbons (Fsp3) is 0.182. The van der Waals surface area contributed by atoms with Gasteiger partial charge in [-0.25, -0.2) is 14.2 Å². The van der Waals surface area contributed by atoms with Crippen molar-refractivity contribution < 1.29 is 23.5 Å². The summed E-state index contributed by atoms with van der Waals surface area (Å²) in [6.45, 7) is 1.08. The van der Waals surface area contributed by atoms with Gasteiger partial charge in [-0.1, -0.05) is 23.7 Å². The second kappa shape index (κ2) is 10.3. The smallest absolute Gasteiger partial charge is 0.350 e. The Labute approximate surface area is 192 Å². The molecule has 10 heteroatoms. The van der Waals surface area contributed by atoms with Gasteiger partial charge in [0, 0.05) is 29.2 Å². The first-order valence-electron chi connectivity index (χ1n) is 9.49. The van der Waals surface area contributed by atoms with Gasteiger partial charge in [-0.05, 0) is 43.3 Å². The van der Waals surface area contributed by atoms with Crippen LogP contribution in [0.5, 0.6) is 0 Å². The van der Waals surface area contributed by atoms with E-state index in [1.165, 1.54) is 29.2 Å². The number of primary amides is 1. The molecule has 0 aliphatic heterocycles. The molecule has 166 valence electrons.